The van der Waals surface area contributed by atoms with Crippen molar-refractivity contribution in [3.8, 4) is 0 Å². The minimum atomic E-state index is -3.53. The Morgan fingerprint density at radius 1 is 1.39 bits per heavy atom. The Bertz CT molecular complexity index is 876. The van der Waals surface area contributed by atoms with Crippen molar-refractivity contribution in [1.29, 1.82) is 0 Å². The van der Waals surface area contributed by atoms with Crippen LogP contribution in [0.15, 0.2) is 18.2 Å². The van der Waals surface area contributed by atoms with Crippen molar-refractivity contribution in [2.24, 2.45) is 5.92 Å². The van der Waals surface area contributed by atoms with Gasteiger partial charge in [-0.25, -0.2) is 4.39 Å². The van der Waals surface area contributed by atoms with Crippen molar-refractivity contribution in [2.75, 3.05) is 11.1 Å². The first-order chi connectivity index (χ1) is 12.4. The summed E-state index contributed by atoms with van der Waals surface area (Å²) in [5.41, 5.74) is 8.16. The first-order valence-corrected chi connectivity index (χ1v) is 7.18. The number of alkyl halides is 1. The average molecular weight is 321 g/mol. The molecular weight excluding hydrogens is 297 g/mol. The van der Waals surface area contributed by atoms with Crippen LogP contribution in [0.4, 0.5) is 16.3 Å². The molecule has 0 spiro atoms. The second kappa shape index (κ2) is 5.73. The number of nitrogens with one attached hydrogen (secondary N) is 1. The van der Waals surface area contributed by atoms with E-state index in [0.717, 1.165) is 16.7 Å². The molecular formula is C16H20FN5O. The number of benzene rings is 1. The fraction of sp³-hybridized carbons (Fsp3) is 0.438. The Morgan fingerprint density at radius 2 is 2.17 bits per heavy atom. The molecule has 23 heavy (non-hydrogen) atoms. The van der Waals surface area contributed by atoms with E-state index in [1.54, 1.807) is 0 Å². The van der Waals surface area contributed by atoms with Gasteiger partial charge in [-0.15, -0.1) is 0 Å². The molecule has 0 amide bonds. The molecule has 7 heteroatoms. The minimum absolute atomic E-state index is 0.158. The lowest BCUT2D eigenvalue weighted by atomic mass is 10.0. The average Bonchev–Trinajstić information content (AvgIpc) is 2.78. The van der Waals surface area contributed by atoms with Crippen LogP contribution in [-0.2, 0) is 0 Å². The molecule has 2 aromatic rings. The molecule has 1 unspecified atom stereocenters. The molecule has 0 aliphatic heterocycles. The predicted molar refractivity (Wildman–Crippen MR) is 85.4 cm³/mol. The first-order valence-electron chi connectivity index (χ1n) is 9.18. The molecule has 4 N–H and O–H groups in total. The van der Waals surface area contributed by atoms with E-state index in [0.29, 0.717) is 0 Å². The lowest BCUT2D eigenvalue weighted by Crippen LogP contribution is -2.19. The molecule has 1 aliphatic rings. The fourth-order valence-electron chi connectivity index (χ4n) is 2.88. The zero-order valence-electron chi connectivity index (χ0n) is 16.7. The van der Waals surface area contributed by atoms with Gasteiger partial charge in [0, 0.05) is 10.0 Å². The Labute approximate surface area is 139 Å². The van der Waals surface area contributed by atoms with E-state index in [1.807, 2.05) is 32.0 Å². The summed E-state index contributed by atoms with van der Waals surface area (Å²) in [6.45, 7) is 0.452. The van der Waals surface area contributed by atoms with Gasteiger partial charge in [0.25, 0.3) is 0 Å². The van der Waals surface area contributed by atoms with Crippen molar-refractivity contribution in [3.63, 3.8) is 0 Å². The molecule has 122 valence electrons. The standard InChI is InChI=1S/C16H20FN5O/c1-7-4-5-10-11(6-7)12(8(2)13(10)23)19-16-21-14(9(3)17)20-15(18)22-16/h4-6,8-9,12-13,23H,1-3H3,(H3,18,19,20,21,22)/t8-,9?,12-,13-/m0/s1/i3D3,9D. The molecule has 0 fully saturated rings. The summed E-state index contributed by atoms with van der Waals surface area (Å²) in [7, 11) is 0. The molecule has 4 atom stereocenters. The number of halogens is 1. The number of nitrogens with zero attached hydrogens (tertiary/aromatic N) is 3. The maximum atomic E-state index is 14.5. The molecule has 1 aliphatic carbocycles. The van der Waals surface area contributed by atoms with E-state index in [1.165, 1.54) is 0 Å². The highest BCUT2D eigenvalue weighted by molar-refractivity contribution is 5.45. The number of nitrogens with two attached hydrogens (primary N) is 1. The van der Waals surface area contributed by atoms with Crippen LogP contribution in [0.25, 0.3) is 0 Å². The van der Waals surface area contributed by atoms with Gasteiger partial charge in [0.2, 0.25) is 11.9 Å². The number of fused-ring (bicyclic) bond motifs is 1. The van der Waals surface area contributed by atoms with E-state index in [9.17, 15) is 9.50 Å². The number of anilines is 2. The van der Waals surface area contributed by atoms with Crippen LogP contribution in [0.1, 0.15) is 60.1 Å². The number of rotatable bonds is 3. The van der Waals surface area contributed by atoms with E-state index in [4.69, 9.17) is 11.2 Å². The number of aryl methyl sites for hydroxylation is 1. The Balaban J connectivity index is 1.99. The molecule has 0 saturated carbocycles. The molecule has 3 rings (SSSR count). The van der Waals surface area contributed by atoms with Crippen molar-refractivity contribution in [3.05, 3.63) is 40.7 Å². The molecule has 6 nitrogen and oxygen atoms in total. The summed E-state index contributed by atoms with van der Waals surface area (Å²) in [6.07, 6.45) is -4.24. The Kier molecular flexibility index (Phi) is 2.81. The van der Waals surface area contributed by atoms with Gasteiger partial charge in [-0.2, -0.15) is 15.0 Å². The van der Waals surface area contributed by atoms with Crippen molar-refractivity contribution >= 4 is 11.9 Å². The molecule has 1 aromatic carbocycles. The Morgan fingerprint density at radius 3 is 2.91 bits per heavy atom. The van der Waals surface area contributed by atoms with Crippen LogP contribution in [0, 0.1) is 12.8 Å². The van der Waals surface area contributed by atoms with Crippen LogP contribution in [0.2, 0.25) is 0 Å². The van der Waals surface area contributed by atoms with E-state index in [-0.39, 0.29) is 11.9 Å². The van der Waals surface area contributed by atoms with Crippen molar-refractivity contribution < 1.29 is 15.0 Å². The van der Waals surface area contributed by atoms with E-state index >= 15 is 0 Å². The van der Waals surface area contributed by atoms with Crippen molar-refractivity contribution in [1.82, 2.24) is 15.0 Å². The van der Waals surface area contributed by atoms with Crippen molar-refractivity contribution in [2.45, 2.75) is 39.0 Å². The number of hydrogen-bond donors (Lipinski definition) is 3. The third kappa shape index (κ3) is 2.84. The normalized spacial score (nSPS) is 28.8. The highest BCUT2D eigenvalue weighted by atomic mass is 19.1. The van der Waals surface area contributed by atoms with E-state index < -0.39 is 36.9 Å². The molecule has 0 bridgehead atoms. The minimum Gasteiger partial charge on any atom is -0.388 e. The maximum absolute atomic E-state index is 14.5. The second-order valence-corrected chi connectivity index (χ2v) is 5.71. The van der Waals surface area contributed by atoms with Gasteiger partial charge in [0.1, 0.15) is 0 Å². The van der Waals surface area contributed by atoms with Gasteiger partial charge in [0.15, 0.2) is 12.0 Å². The van der Waals surface area contributed by atoms with Crippen LogP contribution >= 0.6 is 0 Å². The summed E-state index contributed by atoms with van der Waals surface area (Å²) in [5.74, 6) is -1.71. The van der Waals surface area contributed by atoms with Gasteiger partial charge in [-0.3, -0.25) is 0 Å². The largest absolute Gasteiger partial charge is 0.388 e. The molecule has 0 radical (unpaired) electrons. The summed E-state index contributed by atoms with van der Waals surface area (Å²) in [4.78, 5) is 11.1. The van der Waals surface area contributed by atoms with Gasteiger partial charge in [-0.1, -0.05) is 30.7 Å². The number of aromatic nitrogens is 3. The number of aliphatic hydroxyl groups excluding tert-OH is 1. The Hall–Kier alpha value is -2.28. The number of aliphatic hydroxyl groups is 1. The first kappa shape index (κ1) is 11.3. The summed E-state index contributed by atoms with van der Waals surface area (Å²) < 4.78 is 43.5. The zero-order chi connectivity index (χ0) is 20.1. The molecule has 0 saturated heterocycles. The van der Waals surface area contributed by atoms with Gasteiger partial charge in [-0.05, 0) is 24.9 Å². The highest BCUT2D eigenvalue weighted by Gasteiger charge is 2.37. The summed E-state index contributed by atoms with van der Waals surface area (Å²) in [5, 5.41) is 13.4. The van der Waals surface area contributed by atoms with Gasteiger partial charge in [0.05, 0.1) is 13.5 Å². The predicted octanol–water partition coefficient (Wildman–Crippen LogP) is 2.63. The fourth-order valence-corrected chi connectivity index (χ4v) is 2.88. The monoisotopic (exact) mass is 321 g/mol. The smallest absolute Gasteiger partial charge is 0.228 e. The maximum Gasteiger partial charge on any atom is 0.228 e. The van der Waals surface area contributed by atoms with Crippen LogP contribution in [0.3, 0.4) is 0 Å². The molecule has 1 aromatic heterocycles. The molecule has 1 heterocycles. The van der Waals surface area contributed by atoms with Crippen LogP contribution in [-0.4, -0.2) is 20.1 Å². The van der Waals surface area contributed by atoms with Gasteiger partial charge >= 0.3 is 0 Å². The van der Waals surface area contributed by atoms with Gasteiger partial charge < -0.3 is 16.2 Å². The summed E-state index contributed by atoms with van der Waals surface area (Å²) >= 11 is 0. The topological polar surface area (TPSA) is 97.0 Å². The quantitative estimate of drug-likeness (QED) is 0.804. The highest BCUT2D eigenvalue weighted by Crippen LogP contribution is 2.45. The zero-order valence-corrected chi connectivity index (χ0v) is 12.7. The lowest BCUT2D eigenvalue weighted by molar-refractivity contribution is 0.124. The number of nitrogen functional groups attached to an aromatic ring is 1. The van der Waals surface area contributed by atoms with E-state index in [2.05, 4.69) is 20.3 Å². The lowest BCUT2D eigenvalue weighted by Gasteiger charge is -2.20. The third-order valence-corrected chi connectivity index (χ3v) is 4.05. The SMILES string of the molecule is [2H]C([2H])([2H])C([2H])(F)c1nc(N)nc(N[C@@H]2c3cc(C)ccc3[C@@H](O)[C@H]2C)n1. The third-order valence-electron chi connectivity index (χ3n) is 4.05. The second-order valence-electron chi connectivity index (χ2n) is 5.71. The van der Waals surface area contributed by atoms with Crippen LogP contribution in [0.5, 0.6) is 0 Å². The number of hydrogen-bond acceptors (Lipinski definition) is 6. The summed E-state index contributed by atoms with van der Waals surface area (Å²) in [6, 6.07) is 5.24. The van der Waals surface area contributed by atoms with Crippen LogP contribution < -0.4 is 11.1 Å².